The number of nitrogens with zero attached hydrogens (tertiary/aromatic N) is 3. The van der Waals surface area contributed by atoms with E-state index in [-0.39, 0.29) is 17.6 Å². The summed E-state index contributed by atoms with van der Waals surface area (Å²) < 4.78 is 7.32. The number of amides is 1. The van der Waals surface area contributed by atoms with Gasteiger partial charge in [0.1, 0.15) is 10.8 Å². The minimum atomic E-state index is -0.344. The van der Waals surface area contributed by atoms with Crippen LogP contribution in [0, 0.1) is 6.92 Å². The van der Waals surface area contributed by atoms with Gasteiger partial charge in [-0.05, 0) is 51.5 Å². The van der Waals surface area contributed by atoms with E-state index in [0.717, 1.165) is 48.6 Å². The number of carbonyl (C=O) groups excluding carboxylic acids is 2. The van der Waals surface area contributed by atoms with Crippen LogP contribution in [0.4, 0.5) is 5.00 Å². The summed E-state index contributed by atoms with van der Waals surface area (Å²) in [5.74, 6) is 0.632. The number of thioether (sulfide) groups is 1. The highest BCUT2D eigenvalue weighted by Crippen LogP contribution is 2.40. The first-order chi connectivity index (χ1) is 13.1. The Morgan fingerprint density at radius 3 is 2.89 bits per heavy atom. The van der Waals surface area contributed by atoms with Crippen molar-refractivity contribution in [3.8, 4) is 0 Å². The molecule has 0 saturated heterocycles. The van der Waals surface area contributed by atoms with Crippen LogP contribution >= 0.6 is 23.1 Å². The Balaban J connectivity index is 1.45. The lowest BCUT2D eigenvalue weighted by Crippen LogP contribution is -2.17. The van der Waals surface area contributed by atoms with Crippen molar-refractivity contribution in [3.63, 3.8) is 0 Å². The molecule has 27 heavy (non-hydrogen) atoms. The number of aromatic nitrogens is 3. The molecular weight excluding hydrogens is 384 g/mol. The lowest BCUT2D eigenvalue weighted by Gasteiger charge is -2.08. The number of thiophene rings is 1. The molecule has 2 aromatic heterocycles. The van der Waals surface area contributed by atoms with Crippen LogP contribution in [-0.2, 0) is 22.4 Å². The van der Waals surface area contributed by atoms with Crippen LogP contribution in [0.15, 0.2) is 5.16 Å². The van der Waals surface area contributed by atoms with Crippen LogP contribution in [0.2, 0.25) is 0 Å². The summed E-state index contributed by atoms with van der Waals surface area (Å²) in [6.07, 6.45) is 5.16. The molecule has 0 unspecified atom stereocenters. The van der Waals surface area contributed by atoms with Crippen LogP contribution in [0.1, 0.15) is 58.9 Å². The quantitative estimate of drug-likeness (QED) is 0.560. The summed E-state index contributed by atoms with van der Waals surface area (Å²) >= 11 is 2.88. The number of nitrogens with one attached hydrogen (secondary N) is 1. The molecule has 2 heterocycles. The number of fused-ring (bicyclic) bond motifs is 1. The van der Waals surface area contributed by atoms with E-state index in [1.54, 1.807) is 6.92 Å². The number of esters is 1. The molecule has 0 bridgehead atoms. The predicted molar refractivity (Wildman–Crippen MR) is 105 cm³/mol. The second kappa shape index (κ2) is 7.63. The van der Waals surface area contributed by atoms with E-state index < -0.39 is 0 Å². The molecule has 9 heteroatoms. The second-order valence-corrected chi connectivity index (χ2v) is 8.80. The third-order valence-electron chi connectivity index (χ3n) is 4.73. The Labute approximate surface area is 165 Å². The third-order valence-corrected chi connectivity index (χ3v) is 6.88. The average Bonchev–Trinajstić information content (AvgIpc) is 3.09. The van der Waals surface area contributed by atoms with Crippen LogP contribution < -0.4 is 5.32 Å². The molecule has 2 aromatic rings. The number of ether oxygens (including phenoxy) is 1. The van der Waals surface area contributed by atoms with Gasteiger partial charge in [-0.2, -0.15) is 0 Å². The summed E-state index contributed by atoms with van der Waals surface area (Å²) in [6.45, 7) is 4.05. The van der Waals surface area contributed by atoms with Crippen molar-refractivity contribution in [1.82, 2.24) is 14.8 Å². The number of anilines is 1. The molecule has 144 valence electrons. The van der Waals surface area contributed by atoms with Gasteiger partial charge in [0.15, 0.2) is 5.16 Å². The van der Waals surface area contributed by atoms with Gasteiger partial charge >= 0.3 is 5.97 Å². The van der Waals surface area contributed by atoms with Gasteiger partial charge in [-0.3, -0.25) is 4.79 Å². The van der Waals surface area contributed by atoms with Gasteiger partial charge in [0.05, 0.1) is 17.9 Å². The summed E-state index contributed by atoms with van der Waals surface area (Å²) in [4.78, 5) is 26.1. The van der Waals surface area contributed by atoms with Crippen molar-refractivity contribution >= 4 is 40.0 Å². The van der Waals surface area contributed by atoms with E-state index in [4.69, 9.17) is 4.74 Å². The highest BCUT2D eigenvalue weighted by atomic mass is 32.2. The molecule has 0 aromatic carbocycles. The number of carbonyl (C=O) groups is 2. The molecule has 4 rings (SSSR count). The van der Waals surface area contributed by atoms with Gasteiger partial charge < -0.3 is 14.6 Å². The maximum absolute atomic E-state index is 12.5. The fourth-order valence-electron chi connectivity index (χ4n) is 3.41. The van der Waals surface area contributed by atoms with E-state index in [2.05, 4.69) is 20.1 Å². The van der Waals surface area contributed by atoms with E-state index in [9.17, 15) is 9.59 Å². The van der Waals surface area contributed by atoms with Crippen LogP contribution in [0.5, 0.6) is 0 Å². The Kier molecular flexibility index (Phi) is 5.23. The summed E-state index contributed by atoms with van der Waals surface area (Å²) in [5.41, 5.74) is 1.59. The molecule has 1 amide bonds. The van der Waals surface area contributed by atoms with Gasteiger partial charge in [0.2, 0.25) is 5.91 Å². The van der Waals surface area contributed by atoms with Crippen LogP contribution in [-0.4, -0.2) is 39.0 Å². The molecule has 1 N–H and O–H groups in total. The summed E-state index contributed by atoms with van der Waals surface area (Å²) in [5, 5.41) is 12.6. The number of aryl methyl sites for hydroxylation is 2. The average molecular weight is 407 g/mol. The Bertz CT molecular complexity index is 886. The zero-order valence-electron chi connectivity index (χ0n) is 15.4. The number of hydrogen-bond donors (Lipinski definition) is 1. The molecule has 0 atom stereocenters. The normalized spacial score (nSPS) is 15.6. The third kappa shape index (κ3) is 3.75. The first kappa shape index (κ1) is 18.5. The first-order valence-corrected chi connectivity index (χ1v) is 11.0. The second-order valence-electron chi connectivity index (χ2n) is 6.75. The van der Waals surface area contributed by atoms with Gasteiger partial charge in [-0.25, -0.2) is 4.79 Å². The van der Waals surface area contributed by atoms with Gasteiger partial charge in [-0.1, -0.05) is 11.8 Å². The lowest BCUT2D eigenvalue weighted by molar-refractivity contribution is -0.113. The Hall–Kier alpha value is -1.87. The van der Waals surface area contributed by atoms with E-state index in [1.807, 2.05) is 6.92 Å². The largest absolute Gasteiger partial charge is 0.462 e. The van der Waals surface area contributed by atoms with Gasteiger partial charge in [0.25, 0.3) is 0 Å². The maximum Gasteiger partial charge on any atom is 0.341 e. The van der Waals surface area contributed by atoms with Crippen molar-refractivity contribution < 1.29 is 14.3 Å². The Morgan fingerprint density at radius 2 is 2.15 bits per heavy atom. The van der Waals surface area contributed by atoms with Gasteiger partial charge in [0, 0.05) is 10.9 Å². The number of rotatable bonds is 7. The van der Waals surface area contributed by atoms with Crippen molar-refractivity contribution in [1.29, 1.82) is 0 Å². The molecule has 0 aliphatic heterocycles. The fraction of sp³-hybridized carbons (Fsp3) is 0.556. The molecule has 0 radical (unpaired) electrons. The standard InChI is InChI=1S/C18H22N4O3S2/c1-3-25-17(24)15-12-5-4-6-13(12)27-16(15)19-14(23)9-26-18-21-20-10(2)22(18)11-7-8-11/h11H,3-9H2,1-2H3,(H,19,23). The minimum Gasteiger partial charge on any atom is -0.462 e. The van der Waals surface area contributed by atoms with Crippen LogP contribution in [0.25, 0.3) is 0 Å². The van der Waals surface area contributed by atoms with Crippen molar-refractivity contribution in [2.24, 2.45) is 0 Å². The van der Waals surface area contributed by atoms with E-state index in [1.165, 1.54) is 28.0 Å². The molecule has 7 nitrogen and oxygen atoms in total. The first-order valence-electron chi connectivity index (χ1n) is 9.24. The highest BCUT2D eigenvalue weighted by molar-refractivity contribution is 7.99. The summed E-state index contributed by atoms with van der Waals surface area (Å²) in [7, 11) is 0. The zero-order chi connectivity index (χ0) is 19.0. The van der Waals surface area contributed by atoms with Crippen molar-refractivity contribution in [3.05, 3.63) is 21.8 Å². The monoisotopic (exact) mass is 406 g/mol. The van der Waals surface area contributed by atoms with E-state index >= 15 is 0 Å². The van der Waals surface area contributed by atoms with Crippen molar-refractivity contribution in [2.45, 2.75) is 57.1 Å². The maximum atomic E-state index is 12.5. The zero-order valence-corrected chi connectivity index (χ0v) is 17.0. The van der Waals surface area contributed by atoms with Gasteiger partial charge in [-0.15, -0.1) is 21.5 Å². The molecular formula is C18H22N4O3S2. The molecule has 2 aliphatic carbocycles. The lowest BCUT2D eigenvalue weighted by atomic mass is 10.1. The Morgan fingerprint density at radius 1 is 1.33 bits per heavy atom. The van der Waals surface area contributed by atoms with Crippen LogP contribution in [0.3, 0.4) is 0 Å². The SMILES string of the molecule is CCOC(=O)c1c(NC(=O)CSc2nnc(C)n2C2CC2)sc2c1CCC2. The molecule has 2 aliphatic rings. The topological polar surface area (TPSA) is 86.1 Å². The molecule has 1 fully saturated rings. The summed E-state index contributed by atoms with van der Waals surface area (Å²) in [6, 6.07) is 0.473. The van der Waals surface area contributed by atoms with E-state index in [0.29, 0.717) is 23.2 Å². The molecule has 1 saturated carbocycles. The smallest absolute Gasteiger partial charge is 0.341 e. The number of hydrogen-bond acceptors (Lipinski definition) is 7. The molecule has 0 spiro atoms. The highest BCUT2D eigenvalue weighted by Gasteiger charge is 2.30. The fourth-order valence-corrected chi connectivity index (χ4v) is 5.55. The van der Waals surface area contributed by atoms with Crippen molar-refractivity contribution in [2.75, 3.05) is 17.7 Å². The predicted octanol–water partition coefficient (Wildman–Crippen LogP) is 3.38. The minimum absolute atomic E-state index is 0.145.